The minimum atomic E-state index is -1.22. The first-order chi connectivity index (χ1) is 6.81. The molecule has 0 saturated heterocycles. The number of rotatable bonds is 3. The van der Waals surface area contributed by atoms with Gasteiger partial charge in [0.15, 0.2) is 0 Å². The molecule has 0 aliphatic heterocycles. The maximum absolute atomic E-state index is 9.13. The number of carbonyl (C=O) groups excluding carboxylic acids is 3. The number of carbonyl (C=O) groups is 3. The van der Waals surface area contributed by atoms with Crippen LogP contribution in [-0.4, -0.2) is 37.5 Å². The second-order valence-corrected chi connectivity index (χ2v) is 1.73. The van der Waals surface area contributed by atoms with Crippen molar-refractivity contribution in [2.45, 2.75) is 0 Å². The number of aliphatic carboxylic acids is 3. The van der Waals surface area contributed by atoms with Crippen molar-refractivity contribution in [3.63, 3.8) is 0 Å². The monoisotopic (exact) mass is 364 g/mol. The normalized spacial score (nSPS) is 6.94. The van der Waals surface area contributed by atoms with Gasteiger partial charge in [-0.05, 0) is 0 Å². The minimum absolute atomic E-state index is 0. The van der Waals surface area contributed by atoms with Crippen LogP contribution in [0.5, 0.6) is 0 Å². The topological polar surface area (TPSA) is 198 Å². The van der Waals surface area contributed by atoms with E-state index in [2.05, 4.69) is 17.2 Å². The maximum Gasteiger partial charge on any atom is 3.00 e. The number of hydrogen-bond donors (Lipinski definition) is 3. The van der Waals surface area contributed by atoms with Gasteiger partial charge in [0.1, 0.15) is 0 Å². The molecule has 0 aliphatic rings. The summed E-state index contributed by atoms with van der Waals surface area (Å²) < 4.78 is 0. The van der Waals surface area contributed by atoms with Gasteiger partial charge < -0.3 is 46.9 Å². The molecule has 0 bridgehead atoms. The van der Waals surface area contributed by atoms with Crippen LogP contribution in [0.2, 0.25) is 0 Å². The van der Waals surface area contributed by atoms with Crippen molar-refractivity contribution in [3.05, 3.63) is 0 Å². The number of carboxylic acids is 3. The fourth-order valence-corrected chi connectivity index (χ4v) is 0. The average Bonchev–Trinajstić information content (AvgIpc) is 2.19. The molecule has 0 aromatic heterocycles. The first kappa shape index (κ1) is 24.7. The molecule has 0 saturated carbocycles. The zero-order valence-corrected chi connectivity index (χ0v) is 11.5. The van der Waals surface area contributed by atoms with Crippen LogP contribution >= 0.6 is 0 Å². The summed E-state index contributed by atoms with van der Waals surface area (Å²) in [5, 5.41) is 27.4. The van der Waals surface area contributed by atoms with E-state index in [1.165, 1.54) is 0 Å². The van der Waals surface area contributed by atoms with Crippen molar-refractivity contribution >= 4 is 17.9 Å². The van der Waals surface area contributed by atoms with Crippen molar-refractivity contribution < 1.29 is 70.5 Å². The van der Waals surface area contributed by atoms with Gasteiger partial charge in [-0.15, -0.1) is 0 Å². The van der Waals surface area contributed by atoms with Crippen molar-refractivity contribution in [1.82, 2.24) is 0 Å². The van der Waals surface area contributed by atoms with E-state index in [4.69, 9.17) is 29.7 Å². The summed E-state index contributed by atoms with van der Waals surface area (Å²) in [4.78, 5) is 27.4. The Morgan fingerprint density at radius 1 is 0.688 bits per heavy atom. The first-order valence-corrected chi connectivity index (χ1v) is 3.51. The molecule has 0 rings (SSSR count). The van der Waals surface area contributed by atoms with E-state index in [0.717, 1.165) is 0 Å². The van der Waals surface area contributed by atoms with E-state index in [-0.39, 0.29) is 60.5 Å². The molecule has 0 aromatic rings. The standard InChI is InChI=1S/3C2H5NO2.Nd/c3*3-1-2(4)5;/h3*1,3H2,(H,4,5);/q;;;+3/p-3. The Bertz CT molecular complexity index is 167. The molecule has 0 heterocycles. The zero-order valence-electron chi connectivity index (χ0n) is 8.30. The summed E-state index contributed by atoms with van der Waals surface area (Å²) in [5.74, 6) is -3.65. The van der Waals surface area contributed by atoms with Crippen LogP contribution in [0.4, 0.5) is 0 Å². The summed E-state index contributed by atoms with van der Waals surface area (Å²) in [5.41, 5.74) is 13.5. The molecule has 0 aromatic carbocycles. The fourth-order valence-electron chi connectivity index (χ4n) is 0. The van der Waals surface area contributed by atoms with Gasteiger partial charge in [0.05, 0.1) is 17.9 Å². The molecule has 16 heavy (non-hydrogen) atoms. The Labute approximate surface area is 124 Å². The predicted molar refractivity (Wildman–Crippen MR) is 42.2 cm³/mol. The number of nitrogens with two attached hydrogens (primary N) is 3. The van der Waals surface area contributed by atoms with Crippen LogP contribution in [0.15, 0.2) is 0 Å². The molecule has 0 spiro atoms. The Morgan fingerprint density at radius 2 is 0.750 bits per heavy atom. The van der Waals surface area contributed by atoms with E-state index in [1.807, 2.05) is 0 Å². The third kappa shape index (κ3) is 68.5. The fraction of sp³-hybridized carbons (Fsp3) is 0.500. The molecular weight excluding hydrogens is 354 g/mol. The molecule has 10 heteroatoms. The SMILES string of the molecule is NCC(=O)[O-].NCC(=O)[O-].NCC(=O)[O-].[Nd+3]. The van der Waals surface area contributed by atoms with E-state index >= 15 is 0 Å². The average molecular weight is 366 g/mol. The van der Waals surface area contributed by atoms with Crippen LogP contribution in [0.1, 0.15) is 0 Å². The summed E-state index contributed by atoms with van der Waals surface area (Å²) in [6, 6.07) is 0. The van der Waals surface area contributed by atoms with Crippen LogP contribution in [0, 0.1) is 40.8 Å². The van der Waals surface area contributed by atoms with Crippen LogP contribution in [0.25, 0.3) is 0 Å². The van der Waals surface area contributed by atoms with Crippen LogP contribution < -0.4 is 32.5 Å². The third-order valence-corrected chi connectivity index (χ3v) is 0.500. The van der Waals surface area contributed by atoms with Crippen LogP contribution in [-0.2, 0) is 14.4 Å². The molecule has 0 atom stereocenters. The predicted octanol–water partition coefficient (Wildman–Crippen LogP) is -6.92. The molecule has 6 N–H and O–H groups in total. The van der Waals surface area contributed by atoms with Gasteiger partial charge in [0.2, 0.25) is 0 Å². The Kier molecular flexibility index (Phi) is 31.1. The second-order valence-electron chi connectivity index (χ2n) is 1.73. The van der Waals surface area contributed by atoms with Crippen molar-refractivity contribution in [2.24, 2.45) is 17.2 Å². The molecule has 9 nitrogen and oxygen atoms in total. The molecular formula is C6H12N3NdO6. The maximum atomic E-state index is 9.13. The van der Waals surface area contributed by atoms with Gasteiger partial charge in [-0.1, -0.05) is 0 Å². The van der Waals surface area contributed by atoms with Crippen molar-refractivity contribution in [1.29, 1.82) is 0 Å². The van der Waals surface area contributed by atoms with E-state index in [9.17, 15) is 0 Å². The summed E-state index contributed by atoms with van der Waals surface area (Å²) in [6.07, 6.45) is 0. The second kappa shape index (κ2) is 20.1. The van der Waals surface area contributed by atoms with Gasteiger partial charge in [-0.25, -0.2) is 0 Å². The Hall–Kier alpha value is -0.359. The third-order valence-electron chi connectivity index (χ3n) is 0.500. The number of hydrogen-bond acceptors (Lipinski definition) is 9. The van der Waals surface area contributed by atoms with E-state index < -0.39 is 17.9 Å². The molecule has 0 fully saturated rings. The van der Waals surface area contributed by atoms with E-state index in [0.29, 0.717) is 0 Å². The smallest absolute Gasteiger partial charge is 0.549 e. The molecule has 0 unspecified atom stereocenters. The quantitative estimate of drug-likeness (QED) is 0.434. The molecule has 0 amide bonds. The van der Waals surface area contributed by atoms with Crippen molar-refractivity contribution in [2.75, 3.05) is 19.6 Å². The van der Waals surface area contributed by atoms with Gasteiger partial charge in [-0.2, -0.15) is 0 Å². The largest absolute Gasteiger partial charge is 3.00 e. The van der Waals surface area contributed by atoms with Gasteiger partial charge in [-0.3, -0.25) is 0 Å². The van der Waals surface area contributed by atoms with E-state index in [1.54, 1.807) is 0 Å². The Morgan fingerprint density at radius 3 is 0.750 bits per heavy atom. The number of carboxylic acid groups (broad SMARTS) is 3. The molecule has 91 valence electrons. The zero-order chi connectivity index (χ0) is 12.9. The minimum Gasteiger partial charge on any atom is -0.549 e. The molecule has 1 radical (unpaired) electrons. The summed E-state index contributed by atoms with van der Waals surface area (Å²) in [6.45, 7) is -1.17. The van der Waals surface area contributed by atoms with Gasteiger partial charge in [0.25, 0.3) is 0 Å². The van der Waals surface area contributed by atoms with Crippen molar-refractivity contribution in [3.8, 4) is 0 Å². The molecule has 0 aliphatic carbocycles. The summed E-state index contributed by atoms with van der Waals surface area (Å²) in [7, 11) is 0. The first-order valence-electron chi connectivity index (χ1n) is 3.51. The van der Waals surface area contributed by atoms with Gasteiger partial charge >= 0.3 is 40.8 Å². The Balaban J connectivity index is -0.0000000655. The van der Waals surface area contributed by atoms with Crippen LogP contribution in [0.3, 0.4) is 0 Å². The van der Waals surface area contributed by atoms with Gasteiger partial charge in [0, 0.05) is 19.6 Å². The summed E-state index contributed by atoms with van der Waals surface area (Å²) >= 11 is 0.